The normalized spacial score (nSPS) is 11.6. The maximum absolute atomic E-state index is 12.1. The van der Waals surface area contributed by atoms with Crippen LogP contribution in [0, 0.1) is 6.07 Å². The molecule has 0 aliphatic rings. The molecule has 4 nitrogen and oxygen atoms in total. The molecular weight excluding hydrogens is 782 g/mol. The van der Waals surface area contributed by atoms with Crippen LogP contribution in [-0.4, -0.2) is 19.6 Å². The average molecular weight is 822 g/mol. The Labute approximate surface area is 303 Å². The maximum atomic E-state index is 12.1. The first-order chi connectivity index (χ1) is 23.2. The molecule has 2 aromatic heterocycles. The molecule has 1 N–H and O–H groups in total. The number of hydrogen-bond donors (Lipinski definition) is 1. The summed E-state index contributed by atoms with van der Waals surface area (Å²) in [7, 11) is 0. The number of para-hydroxylation sites is 2. The number of aromatic nitrogens is 3. The van der Waals surface area contributed by atoms with Gasteiger partial charge in [-0.3, -0.25) is 9.55 Å². The van der Waals surface area contributed by atoms with E-state index < -0.39 is 0 Å². The van der Waals surface area contributed by atoms with Gasteiger partial charge in [0, 0.05) is 45.1 Å². The van der Waals surface area contributed by atoms with Crippen molar-refractivity contribution in [1.82, 2.24) is 14.5 Å². The van der Waals surface area contributed by atoms with Crippen LogP contribution in [-0.2, 0) is 32.9 Å². The van der Waals surface area contributed by atoms with Crippen molar-refractivity contribution in [2.75, 3.05) is 0 Å². The predicted octanol–water partition coefficient (Wildman–Crippen LogP) is 10.9. The van der Waals surface area contributed by atoms with Gasteiger partial charge >= 0.3 is 0 Å². The minimum atomic E-state index is -0.142. The summed E-state index contributed by atoms with van der Waals surface area (Å²) in [6, 6.07) is 45.3. The van der Waals surface area contributed by atoms with E-state index in [4.69, 9.17) is 4.98 Å². The quantitative estimate of drug-likeness (QED) is 0.163. The Bertz CT molecular complexity index is 2220. The van der Waals surface area contributed by atoms with Crippen molar-refractivity contribution in [3.8, 4) is 45.2 Å². The van der Waals surface area contributed by atoms with E-state index in [1.807, 2.05) is 60.8 Å². The molecule has 7 rings (SSSR count). The van der Waals surface area contributed by atoms with Crippen LogP contribution in [0.5, 0.6) is 5.75 Å². The zero-order valence-electron chi connectivity index (χ0n) is 28.5. The van der Waals surface area contributed by atoms with Crippen molar-refractivity contribution in [1.29, 1.82) is 0 Å². The van der Waals surface area contributed by atoms with Gasteiger partial charge in [0.05, 0.1) is 16.6 Å². The van der Waals surface area contributed by atoms with Crippen molar-refractivity contribution in [3.63, 3.8) is 0 Å². The van der Waals surface area contributed by atoms with Crippen LogP contribution < -0.4 is 0 Å². The second-order valence-electron chi connectivity index (χ2n) is 13.8. The fraction of sp³-hybridized carbons (Fsp3) is 0.182. The molecule has 0 amide bonds. The molecule has 0 radical (unpaired) electrons. The Morgan fingerprint density at radius 3 is 2.12 bits per heavy atom. The van der Waals surface area contributed by atoms with Crippen LogP contribution in [0.4, 0.5) is 0 Å². The molecule has 0 fully saturated rings. The van der Waals surface area contributed by atoms with E-state index in [1.54, 1.807) is 0 Å². The van der Waals surface area contributed by atoms with E-state index in [2.05, 4.69) is 117 Å². The standard InChI is InChI=1S/C44H40N3O.Pt/c1-29(2)31-24-32(26-33(25-31)39-20-12-13-22-45-39)37-19-14-21-40-41(37)46-43(47(40)36-17-10-7-11-18-36)38-28-35(44(3,4)5)27-34(42(38)48)23-30-15-8-6-9-16-30;/h6-22,24-25,27-29,48H,23H2,1-5H3;/q-1;. The van der Waals surface area contributed by atoms with E-state index in [9.17, 15) is 5.11 Å². The number of nitrogens with zero attached hydrogens (tertiary/aromatic N) is 3. The molecule has 0 saturated carbocycles. The molecule has 0 bridgehead atoms. The van der Waals surface area contributed by atoms with Crippen molar-refractivity contribution >= 4 is 11.0 Å². The van der Waals surface area contributed by atoms with Gasteiger partial charge < -0.3 is 5.11 Å². The van der Waals surface area contributed by atoms with Crippen molar-refractivity contribution < 1.29 is 26.2 Å². The van der Waals surface area contributed by atoms with Crippen LogP contribution in [0.2, 0.25) is 0 Å². The van der Waals surface area contributed by atoms with Crippen molar-refractivity contribution in [2.24, 2.45) is 0 Å². The molecule has 49 heavy (non-hydrogen) atoms. The van der Waals surface area contributed by atoms with Gasteiger partial charge in [-0.2, -0.15) is 0 Å². The monoisotopic (exact) mass is 821 g/mol. The fourth-order valence-electron chi connectivity index (χ4n) is 6.32. The van der Waals surface area contributed by atoms with Gasteiger partial charge in [0.25, 0.3) is 0 Å². The number of hydrogen-bond acceptors (Lipinski definition) is 3. The zero-order chi connectivity index (χ0) is 33.4. The first-order valence-corrected chi connectivity index (χ1v) is 16.6. The van der Waals surface area contributed by atoms with Gasteiger partial charge in [0.15, 0.2) is 0 Å². The number of phenols is 1. The minimum Gasteiger partial charge on any atom is -0.507 e. The van der Waals surface area contributed by atoms with Gasteiger partial charge in [0.1, 0.15) is 11.6 Å². The number of imidazole rings is 1. The molecule has 0 saturated heterocycles. The van der Waals surface area contributed by atoms with Gasteiger partial charge in [-0.05, 0) is 58.4 Å². The Balaban J connectivity index is 0.00000417. The zero-order valence-corrected chi connectivity index (χ0v) is 30.8. The predicted molar refractivity (Wildman–Crippen MR) is 198 cm³/mol. The minimum absolute atomic E-state index is 0. The van der Waals surface area contributed by atoms with Gasteiger partial charge in [-0.1, -0.05) is 125 Å². The van der Waals surface area contributed by atoms with Gasteiger partial charge in [-0.25, -0.2) is 4.98 Å². The Morgan fingerprint density at radius 2 is 1.45 bits per heavy atom. The Kier molecular flexibility index (Phi) is 9.72. The number of rotatable bonds is 7. The van der Waals surface area contributed by atoms with E-state index in [0.29, 0.717) is 23.7 Å². The topological polar surface area (TPSA) is 50.9 Å². The van der Waals surface area contributed by atoms with Crippen LogP contribution in [0.3, 0.4) is 0 Å². The third-order valence-corrected chi connectivity index (χ3v) is 9.02. The summed E-state index contributed by atoms with van der Waals surface area (Å²) in [5, 5.41) is 12.1. The summed E-state index contributed by atoms with van der Waals surface area (Å²) in [5.74, 6) is 1.27. The number of benzene rings is 5. The molecule has 0 unspecified atom stereocenters. The van der Waals surface area contributed by atoms with Crippen LogP contribution in [0.15, 0.2) is 128 Å². The molecule has 248 valence electrons. The second-order valence-corrected chi connectivity index (χ2v) is 13.8. The third kappa shape index (κ3) is 6.89. The summed E-state index contributed by atoms with van der Waals surface area (Å²) in [4.78, 5) is 10.1. The largest absolute Gasteiger partial charge is 0.507 e. The van der Waals surface area contributed by atoms with Crippen LogP contribution >= 0.6 is 0 Å². The number of pyridine rings is 1. The van der Waals surface area contributed by atoms with Crippen LogP contribution in [0.25, 0.3) is 50.5 Å². The number of fused-ring (bicyclic) bond motifs is 1. The molecular formula is C44H40N3OPt-. The van der Waals surface area contributed by atoms with E-state index in [-0.39, 0.29) is 32.2 Å². The summed E-state index contributed by atoms with van der Waals surface area (Å²) in [6.07, 6.45) is 2.44. The van der Waals surface area contributed by atoms with Crippen molar-refractivity contribution in [2.45, 2.75) is 52.4 Å². The fourth-order valence-corrected chi connectivity index (χ4v) is 6.32. The number of phenolic OH excluding ortho intramolecular Hbond substituents is 1. The Hall–Kier alpha value is -4.79. The molecule has 0 aliphatic heterocycles. The first kappa shape index (κ1) is 34.1. The van der Waals surface area contributed by atoms with E-state index in [1.165, 1.54) is 5.56 Å². The molecule has 5 aromatic carbocycles. The molecule has 5 heteroatoms. The summed E-state index contributed by atoms with van der Waals surface area (Å²) < 4.78 is 2.18. The van der Waals surface area contributed by atoms with Crippen molar-refractivity contribution in [3.05, 3.63) is 156 Å². The van der Waals surface area contributed by atoms with Crippen LogP contribution in [0.1, 0.15) is 62.8 Å². The van der Waals surface area contributed by atoms with E-state index in [0.717, 1.165) is 55.8 Å². The first-order valence-electron chi connectivity index (χ1n) is 16.6. The SMILES string of the molecule is CC(C)c1cc(-c2ccccn2)[c-]c(-c2cccc3c2nc(-c2cc(C(C)(C)C)cc(Cc4ccccc4)c2O)n3-c2ccccc2)c1.[Pt]. The molecule has 2 heterocycles. The molecule has 0 aliphatic carbocycles. The number of aromatic hydroxyl groups is 1. The van der Waals surface area contributed by atoms with Gasteiger partial charge in [0.2, 0.25) is 0 Å². The second kappa shape index (κ2) is 14.0. The molecule has 7 aromatic rings. The van der Waals surface area contributed by atoms with E-state index >= 15 is 0 Å². The Morgan fingerprint density at radius 1 is 0.755 bits per heavy atom. The molecule has 0 atom stereocenters. The summed E-state index contributed by atoms with van der Waals surface area (Å²) in [5.41, 5.74) is 11.5. The summed E-state index contributed by atoms with van der Waals surface area (Å²) >= 11 is 0. The smallest absolute Gasteiger partial charge is 0.148 e. The summed E-state index contributed by atoms with van der Waals surface area (Å²) in [6.45, 7) is 11.1. The average Bonchev–Trinajstić information content (AvgIpc) is 3.49. The maximum Gasteiger partial charge on any atom is 0.148 e. The molecule has 0 spiro atoms. The van der Waals surface area contributed by atoms with Gasteiger partial charge in [-0.15, -0.1) is 29.3 Å². The third-order valence-electron chi connectivity index (χ3n) is 9.02.